The molecule has 2 rings (SSSR count). The summed E-state index contributed by atoms with van der Waals surface area (Å²) in [6.07, 6.45) is 0. The first-order chi connectivity index (χ1) is 12.0. The molecule has 2 aromatic carbocycles. The maximum atomic E-state index is 12.5. The number of rotatable bonds is 7. The maximum absolute atomic E-state index is 12.5. The first-order valence-corrected chi connectivity index (χ1v) is 8.64. The quantitative estimate of drug-likeness (QED) is 0.835. The SMILES string of the molecule is CNCC(C)C(=O)N(C)C(C)c1ccc(-c2ccccc2OC)cc1. The average molecular weight is 340 g/mol. The van der Waals surface area contributed by atoms with Crippen molar-refractivity contribution in [2.24, 2.45) is 5.92 Å². The van der Waals surface area contributed by atoms with Crippen molar-refractivity contribution in [2.45, 2.75) is 19.9 Å². The molecule has 0 spiro atoms. The molecule has 25 heavy (non-hydrogen) atoms. The van der Waals surface area contributed by atoms with Gasteiger partial charge in [0.1, 0.15) is 5.75 Å². The lowest BCUT2D eigenvalue weighted by Crippen LogP contribution is -2.37. The van der Waals surface area contributed by atoms with Crippen LogP contribution in [0.25, 0.3) is 11.1 Å². The van der Waals surface area contributed by atoms with Gasteiger partial charge in [0.15, 0.2) is 0 Å². The molecule has 0 radical (unpaired) electrons. The lowest BCUT2D eigenvalue weighted by atomic mass is 9.99. The Labute approximate surface area is 150 Å². The van der Waals surface area contributed by atoms with E-state index in [0.717, 1.165) is 22.4 Å². The third-order valence-corrected chi connectivity index (χ3v) is 4.67. The standard InChI is InChI=1S/C21H28N2O2/c1-15(14-22-3)21(24)23(4)16(2)17-10-12-18(13-11-17)19-8-6-7-9-20(19)25-5/h6-13,15-16,22H,14H2,1-5H3. The fourth-order valence-corrected chi connectivity index (χ4v) is 2.98. The van der Waals surface area contributed by atoms with Gasteiger partial charge < -0.3 is 15.0 Å². The van der Waals surface area contributed by atoms with Gasteiger partial charge in [-0.1, -0.05) is 49.4 Å². The van der Waals surface area contributed by atoms with Crippen LogP contribution in [0.3, 0.4) is 0 Å². The van der Waals surface area contributed by atoms with Gasteiger partial charge in [-0.3, -0.25) is 4.79 Å². The summed E-state index contributed by atoms with van der Waals surface area (Å²) < 4.78 is 5.44. The van der Waals surface area contributed by atoms with E-state index in [9.17, 15) is 4.79 Å². The van der Waals surface area contributed by atoms with Gasteiger partial charge in [0.05, 0.1) is 13.2 Å². The minimum atomic E-state index is -0.0368. The van der Waals surface area contributed by atoms with E-state index >= 15 is 0 Å². The summed E-state index contributed by atoms with van der Waals surface area (Å²) in [4.78, 5) is 14.3. The number of hydrogen-bond acceptors (Lipinski definition) is 3. The van der Waals surface area contributed by atoms with Crippen molar-refractivity contribution >= 4 is 5.91 Å². The summed E-state index contributed by atoms with van der Waals surface area (Å²) in [5, 5.41) is 3.06. The van der Waals surface area contributed by atoms with E-state index in [1.54, 1.807) is 7.11 Å². The molecule has 2 aromatic rings. The zero-order valence-corrected chi connectivity index (χ0v) is 15.7. The van der Waals surface area contributed by atoms with Crippen LogP contribution in [0.5, 0.6) is 5.75 Å². The normalized spacial score (nSPS) is 13.2. The Morgan fingerprint density at radius 1 is 1.12 bits per heavy atom. The first-order valence-electron chi connectivity index (χ1n) is 8.64. The number of nitrogens with one attached hydrogen (secondary N) is 1. The van der Waals surface area contributed by atoms with Gasteiger partial charge in [0.2, 0.25) is 5.91 Å². The minimum absolute atomic E-state index is 0.0264. The fourth-order valence-electron chi connectivity index (χ4n) is 2.98. The fraction of sp³-hybridized carbons (Fsp3) is 0.381. The van der Waals surface area contributed by atoms with Gasteiger partial charge in [0.25, 0.3) is 0 Å². The minimum Gasteiger partial charge on any atom is -0.496 e. The lowest BCUT2D eigenvalue weighted by Gasteiger charge is -2.28. The predicted octanol–water partition coefficient (Wildman–Crippen LogP) is 3.74. The molecule has 134 valence electrons. The van der Waals surface area contributed by atoms with Crippen LogP contribution in [-0.4, -0.2) is 38.6 Å². The van der Waals surface area contributed by atoms with Gasteiger partial charge in [-0.25, -0.2) is 0 Å². The van der Waals surface area contributed by atoms with E-state index in [2.05, 4.69) is 36.5 Å². The van der Waals surface area contributed by atoms with Crippen molar-refractivity contribution in [1.82, 2.24) is 10.2 Å². The van der Waals surface area contributed by atoms with E-state index in [1.165, 1.54) is 0 Å². The summed E-state index contributed by atoms with van der Waals surface area (Å²) in [7, 11) is 5.42. The molecule has 2 atom stereocenters. The Kier molecular flexibility index (Phi) is 6.59. The van der Waals surface area contributed by atoms with E-state index < -0.39 is 0 Å². The molecule has 0 bridgehead atoms. The molecule has 0 aromatic heterocycles. The maximum Gasteiger partial charge on any atom is 0.226 e. The molecule has 0 saturated carbocycles. The molecule has 4 nitrogen and oxygen atoms in total. The zero-order valence-electron chi connectivity index (χ0n) is 15.7. The molecule has 2 unspecified atom stereocenters. The summed E-state index contributed by atoms with van der Waals surface area (Å²) >= 11 is 0. The molecular weight excluding hydrogens is 312 g/mol. The average Bonchev–Trinajstić information content (AvgIpc) is 2.66. The largest absolute Gasteiger partial charge is 0.496 e. The van der Waals surface area contributed by atoms with Gasteiger partial charge in [-0.2, -0.15) is 0 Å². The predicted molar refractivity (Wildman–Crippen MR) is 103 cm³/mol. The van der Waals surface area contributed by atoms with E-state index in [1.807, 2.05) is 50.2 Å². The number of ether oxygens (including phenoxy) is 1. The topological polar surface area (TPSA) is 41.6 Å². The van der Waals surface area contributed by atoms with Crippen LogP contribution in [0.1, 0.15) is 25.5 Å². The van der Waals surface area contributed by atoms with Gasteiger partial charge in [0, 0.05) is 25.1 Å². The van der Waals surface area contributed by atoms with E-state index in [-0.39, 0.29) is 17.9 Å². The third-order valence-electron chi connectivity index (χ3n) is 4.67. The molecule has 0 aliphatic rings. The van der Waals surface area contributed by atoms with Gasteiger partial charge in [-0.15, -0.1) is 0 Å². The summed E-state index contributed by atoms with van der Waals surface area (Å²) in [6, 6.07) is 16.3. The number of methoxy groups -OCH3 is 1. The highest BCUT2D eigenvalue weighted by Crippen LogP contribution is 2.31. The zero-order chi connectivity index (χ0) is 18.4. The summed E-state index contributed by atoms with van der Waals surface area (Å²) in [6.45, 7) is 4.69. The highest BCUT2D eigenvalue weighted by atomic mass is 16.5. The number of hydrogen-bond donors (Lipinski definition) is 1. The second kappa shape index (κ2) is 8.67. The Hall–Kier alpha value is -2.33. The highest BCUT2D eigenvalue weighted by molar-refractivity contribution is 5.79. The van der Waals surface area contributed by atoms with Crippen LogP contribution in [0, 0.1) is 5.92 Å². The molecule has 0 aliphatic heterocycles. The molecule has 1 N–H and O–H groups in total. The number of para-hydroxylation sites is 1. The smallest absolute Gasteiger partial charge is 0.226 e. The molecule has 0 saturated heterocycles. The molecule has 4 heteroatoms. The van der Waals surface area contributed by atoms with Crippen molar-refractivity contribution in [2.75, 3.05) is 27.7 Å². The second-order valence-electron chi connectivity index (χ2n) is 6.41. The van der Waals surface area contributed by atoms with E-state index in [0.29, 0.717) is 6.54 Å². The lowest BCUT2D eigenvalue weighted by molar-refractivity contribution is -0.135. The Bertz CT molecular complexity index is 697. The van der Waals surface area contributed by atoms with Crippen LogP contribution in [0.4, 0.5) is 0 Å². The second-order valence-corrected chi connectivity index (χ2v) is 6.41. The van der Waals surface area contributed by atoms with Crippen LogP contribution in [0.15, 0.2) is 48.5 Å². The van der Waals surface area contributed by atoms with Crippen LogP contribution in [0.2, 0.25) is 0 Å². The van der Waals surface area contributed by atoms with Crippen molar-refractivity contribution < 1.29 is 9.53 Å². The number of nitrogens with zero attached hydrogens (tertiary/aromatic N) is 1. The molecular formula is C21H28N2O2. The number of carbonyl (C=O) groups is 1. The highest BCUT2D eigenvalue weighted by Gasteiger charge is 2.22. The molecule has 0 aliphatic carbocycles. The molecule has 1 amide bonds. The van der Waals surface area contributed by atoms with Crippen molar-refractivity contribution in [3.8, 4) is 16.9 Å². The summed E-state index contributed by atoms with van der Waals surface area (Å²) in [5.41, 5.74) is 3.29. The van der Waals surface area contributed by atoms with Crippen LogP contribution < -0.4 is 10.1 Å². The molecule has 0 heterocycles. The monoisotopic (exact) mass is 340 g/mol. The Morgan fingerprint density at radius 2 is 1.76 bits per heavy atom. The number of amides is 1. The van der Waals surface area contributed by atoms with Crippen molar-refractivity contribution in [1.29, 1.82) is 0 Å². The van der Waals surface area contributed by atoms with E-state index in [4.69, 9.17) is 4.74 Å². The first kappa shape index (κ1) is 19.0. The van der Waals surface area contributed by atoms with Gasteiger partial charge >= 0.3 is 0 Å². The van der Waals surface area contributed by atoms with Gasteiger partial charge in [-0.05, 0) is 31.2 Å². The van der Waals surface area contributed by atoms with Crippen molar-refractivity contribution in [3.05, 3.63) is 54.1 Å². The number of benzene rings is 2. The molecule has 0 fully saturated rings. The Morgan fingerprint density at radius 3 is 2.36 bits per heavy atom. The van der Waals surface area contributed by atoms with Crippen LogP contribution in [-0.2, 0) is 4.79 Å². The third kappa shape index (κ3) is 4.40. The van der Waals surface area contributed by atoms with Crippen LogP contribution >= 0.6 is 0 Å². The summed E-state index contributed by atoms with van der Waals surface area (Å²) in [5.74, 6) is 0.970. The van der Waals surface area contributed by atoms with Crippen molar-refractivity contribution in [3.63, 3.8) is 0 Å². The Balaban J connectivity index is 2.17. The number of carbonyl (C=O) groups excluding carboxylic acids is 1.